The summed E-state index contributed by atoms with van der Waals surface area (Å²) in [6, 6.07) is 23.7. The van der Waals surface area contributed by atoms with Crippen LogP contribution in [-0.4, -0.2) is 26.3 Å². The highest BCUT2D eigenvalue weighted by Gasteiger charge is 2.16. The zero-order valence-electron chi connectivity index (χ0n) is 16.7. The van der Waals surface area contributed by atoms with Crippen molar-refractivity contribution in [2.45, 2.75) is 11.7 Å². The third-order valence-corrected chi connectivity index (χ3v) is 5.74. The lowest BCUT2D eigenvalue weighted by atomic mass is 10.0. The second-order valence-electron chi connectivity index (χ2n) is 6.87. The van der Waals surface area contributed by atoms with Crippen molar-refractivity contribution in [3.05, 3.63) is 103 Å². The monoisotopic (exact) mass is 429 g/mol. The normalized spacial score (nSPS) is 10.7. The van der Waals surface area contributed by atoms with Crippen molar-refractivity contribution in [3.63, 3.8) is 0 Å². The molecule has 0 aliphatic carbocycles. The Kier molecular flexibility index (Phi) is 6.38. The summed E-state index contributed by atoms with van der Waals surface area (Å²) in [4.78, 5) is 12.7. The van der Waals surface area contributed by atoms with E-state index in [1.807, 2.05) is 59.2 Å². The Morgan fingerprint density at radius 1 is 0.903 bits per heavy atom. The molecule has 154 valence electrons. The zero-order chi connectivity index (χ0) is 21.6. The van der Waals surface area contributed by atoms with Gasteiger partial charge in [-0.1, -0.05) is 72.4 Å². The van der Waals surface area contributed by atoms with Crippen molar-refractivity contribution in [2.24, 2.45) is 0 Å². The first-order valence-corrected chi connectivity index (χ1v) is 10.8. The molecule has 31 heavy (non-hydrogen) atoms. The molecule has 1 aromatic heterocycles. The highest BCUT2D eigenvalue weighted by atomic mass is 32.2. The minimum atomic E-state index is -0.308. The van der Waals surface area contributed by atoms with Crippen LogP contribution in [0.4, 0.5) is 4.39 Å². The van der Waals surface area contributed by atoms with Gasteiger partial charge in [0.2, 0.25) is 0 Å². The number of carbonyl (C=O) groups excluding carboxylic acids is 1. The van der Waals surface area contributed by atoms with Crippen LogP contribution in [0.5, 0.6) is 0 Å². The fourth-order valence-corrected chi connectivity index (χ4v) is 4.04. The van der Waals surface area contributed by atoms with Crippen molar-refractivity contribution in [1.82, 2.24) is 14.8 Å². The van der Waals surface area contributed by atoms with Crippen molar-refractivity contribution in [1.29, 1.82) is 0 Å². The van der Waals surface area contributed by atoms with E-state index < -0.39 is 0 Å². The van der Waals surface area contributed by atoms with Crippen LogP contribution in [0, 0.1) is 5.82 Å². The predicted molar refractivity (Wildman–Crippen MR) is 123 cm³/mol. The molecule has 0 spiro atoms. The smallest absolute Gasteiger partial charge is 0.192 e. The van der Waals surface area contributed by atoms with Gasteiger partial charge in [-0.05, 0) is 35.4 Å². The predicted octanol–water partition coefficient (Wildman–Crippen LogP) is 5.91. The summed E-state index contributed by atoms with van der Waals surface area (Å²) in [7, 11) is 0. The van der Waals surface area contributed by atoms with Crippen LogP contribution in [0.15, 0.2) is 96.7 Å². The molecular formula is C25H20FN3OS. The molecule has 4 rings (SSSR count). The van der Waals surface area contributed by atoms with Crippen molar-refractivity contribution >= 4 is 17.5 Å². The van der Waals surface area contributed by atoms with E-state index in [0.29, 0.717) is 23.1 Å². The van der Waals surface area contributed by atoms with Gasteiger partial charge in [0.25, 0.3) is 0 Å². The number of halogens is 1. The lowest BCUT2D eigenvalue weighted by Gasteiger charge is -2.08. The largest absolute Gasteiger partial charge is 0.298 e. The zero-order valence-corrected chi connectivity index (χ0v) is 17.6. The van der Waals surface area contributed by atoms with Gasteiger partial charge in [0.15, 0.2) is 16.8 Å². The number of nitrogens with zero attached hydrogens (tertiary/aromatic N) is 3. The molecule has 0 aliphatic rings. The number of hydrogen-bond donors (Lipinski definition) is 0. The van der Waals surface area contributed by atoms with Gasteiger partial charge in [-0.3, -0.25) is 9.36 Å². The number of benzene rings is 3. The number of carbonyl (C=O) groups is 1. The van der Waals surface area contributed by atoms with Gasteiger partial charge in [-0.2, -0.15) is 0 Å². The topological polar surface area (TPSA) is 47.8 Å². The van der Waals surface area contributed by atoms with Crippen molar-refractivity contribution in [2.75, 3.05) is 5.75 Å². The Labute approximate surface area is 184 Å². The van der Waals surface area contributed by atoms with Gasteiger partial charge in [0.1, 0.15) is 5.82 Å². The number of hydrogen-bond acceptors (Lipinski definition) is 4. The van der Waals surface area contributed by atoms with Gasteiger partial charge in [-0.25, -0.2) is 4.39 Å². The molecule has 0 unspecified atom stereocenters. The number of rotatable bonds is 8. The molecule has 0 fully saturated rings. The number of thioether (sulfide) groups is 1. The molecule has 0 atom stereocenters. The molecule has 1 heterocycles. The summed E-state index contributed by atoms with van der Waals surface area (Å²) >= 11 is 1.33. The van der Waals surface area contributed by atoms with E-state index in [2.05, 4.69) is 16.8 Å². The minimum absolute atomic E-state index is 0.0149. The van der Waals surface area contributed by atoms with Gasteiger partial charge < -0.3 is 0 Å². The lowest BCUT2D eigenvalue weighted by Crippen LogP contribution is -2.05. The number of ketones is 1. The van der Waals surface area contributed by atoms with Crippen LogP contribution in [-0.2, 0) is 6.54 Å². The molecule has 0 bridgehead atoms. The summed E-state index contributed by atoms with van der Waals surface area (Å²) in [5.74, 6) is 0.559. The SMILES string of the molecule is C=CCn1c(SCC(=O)c2ccc(-c3ccccc3)cc2)nnc1-c1ccc(F)cc1. The minimum Gasteiger partial charge on any atom is -0.298 e. The quantitative estimate of drug-likeness (QED) is 0.198. The Hall–Kier alpha value is -3.51. The molecule has 4 aromatic rings. The molecule has 0 N–H and O–H groups in total. The first-order chi connectivity index (χ1) is 15.2. The van der Waals surface area contributed by atoms with Crippen LogP contribution in [0.3, 0.4) is 0 Å². The Morgan fingerprint density at radius 2 is 1.55 bits per heavy atom. The second kappa shape index (κ2) is 9.53. The lowest BCUT2D eigenvalue weighted by molar-refractivity contribution is 0.102. The molecule has 3 aromatic carbocycles. The van der Waals surface area contributed by atoms with Crippen LogP contribution < -0.4 is 0 Å². The van der Waals surface area contributed by atoms with E-state index in [0.717, 1.165) is 16.7 Å². The molecule has 0 radical (unpaired) electrons. The van der Waals surface area contributed by atoms with Gasteiger partial charge in [0.05, 0.1) is 5.75 Å². The molecule has 6 heteroatoms. The third-order valence-electron chi connectivity index (χ3n) is 4.78. The summed E-state index contributed by atoms with van der Waals surface area (Å²) in [5.41, 5.74) is 3.59. The highest BCUT2D eigenvalue weighted by Crippen LogP contribution is 2.25. The molecule has 4 nitrogen and oxygen atoms in total. The van der Waals surface area contributed by atoms with E-state index in [9.17, 15) is 9.18 Å². The van der Waals surface area contributed by atoms with E-state index in [1.165, 1.54) is 23.9 Å². The number of allylic oxidation sites excluding steroid dienone is 1. The van der Waals surface area contributed by atoms with Crippen molar-refractivity contribution < 1.29 is 9.18 Å². The summed E-state index contributed by atoms with van der Waals surface area (Å²) in [6.45, 7) is 4.28. The Morgan fingerprint density at radius 3 is 2.23 bits per heavy atom. The van der Waals surface area contributed by atoms with Crippen LogP contribution in [0.1, 0.15) is 10.4 Å². The second-order valence-corrected chi connectivity index (χ2v) is 7.81. The van der Waals surface area contributed by atoms with Crippen LogP contribution in [0.2, 0.25) is 0 Å². The number of Topliss-reactive ketones (excluding diaryl/α,β-unsaturated/α-hetero) is 1. The molecule has 0 saturated heterocycles. The van der Waals surface area contributed by atoms with E-state index in [4.69, 9.17) is 0 Å². The molecule has 0 saturated carbocycles. The van der Waals surface area contributed by atoms with Crippen LogP contribution in [0.25, 0.3) is 22.5 Å². The average molecular weight is 430 g/mol. The van der Waals surface area contributed by atoms with E-state index >= 15 is 0 Å². The first kappa shape index (κ1) is 20.8. The molecule has 0 aliphatic heterocycles. The fourth-order valence-electron chi connectivity index (χ4n) is 3.19. The van der Waals surface area contributed by atoms with Crippen molar-refractivity contribution in [3.8, 4) is 22.5 Å². The van der Waals surface area contributed by atoms with E-state index in [-0.39, 0.29) is 17.4 Å². The molecule has 0 amide bonds. The van der Waals surface area contributed by atoms with Gasteiger partial charge in [-0.15, -0.1) is 16.8 Å². The molecular weight excluding hydrogens is 409 g/mol. The fraction of sp³-hybridized carbons (Fsp3) is 0.0800. The van der Waals surface area contributed by atoms with E-state index in [1.54, 1.807) is 18.2 Å². The summed E-state index contributed by atoms with van der Waals surface area (Å²) in [5, 5.41) is 9.10. The van der Waals surface area contributed by atoms with Crippen LogP contribution >= 0.6 is 11.8 Å². The summed E-state index contributed by atoms with van der Waals surface area (Å²) in [6.07, 6.45) is 1.74. The maximum absolute atomic E-state index is 13.2. The third kappa shape index (κ3) is 4.81. The average Bonchev–Trinajstić information content (AvgIpc) is 3.21. The Balaban J connectivity index is 1.48. The van der Waals surface area contributed by atoms with Gasteiger partial charge in [0, 0.05) is 17.7 Å². The maximum Gasteiger partial charge on any atom is 0.192 e. The highest BCUT2D eigenvalue weighted by molar-refractivity contribution is 7.99. The number of aromatic nitrogens is 3. The summed E-state index contributed by atoms with van der Waals surface area (Å²) < 4.78 is 15.1. The Bertz CT molecular complexity index is 1190. The maximum atomic E-state index is 13.2. The first-order valence-electron chi connectivity index (χ1n) is 9.77. The standard InChI is InChI=1S/C25H20FN3OS/c1-2-16-29-24(21-12-14-22(26)15-13-21)27-28-25(29)31-17-23(30)20-10-8-19(9-11-20)18-6-4-3-5-7-18/h2-15H,1,16-17H2. The van der Waals surface area contributed by atoms with Gasteiger partial charge >= 0.3 is 0 Å².